The molecule has 1 aliphatic carbocycles. The molecule has 0 aliphatic heterocycles. The third-order valence-corrected chi connectivity index (χ3v) is 4.91. The van der Waals surface area contributed by atoms with Gasteiger partial charge in [-0.1, -0.05) is 18.2 Å². The van der Waals surface area contributed by atoms with E-state index in [1.165, 1.54) is 11.3 Å². The topological polar surface area (TPSA) is 43.1 Å². The van der Waals surface area contributed by atoms with E-state index in [0.29, 0.717) is 6.42 Å². The van der Waals surface area contributed by atoms with Gasteiger partial charge in [-0.15, -0.1) is 11.3 Å². The maximum atomic E-state index is 12.0. The van der Waals surface area contributed by atoms with Gasteiger partial charge in [0.15, 0.2) is 5.78 Å². The van der Waals surface area contributed by atoms with Crippen LogP contribution in [0.3, 0.4) is 0 Å². The molecule has 0 saturated heterocycles. The molecule has 20 heavy (non-hydrogen) atoms. The highest BCUT2D eigenvalue weighted by Crippen LogP contribution is 2.39. The van der Waals surface area contributed by atoms with Crippen molar-refractivity contribution in [1.82, 2.24) is 4.98 Å². The fraction of sp³-hybridized carbons (Fsp3) is 0.250. The Hall–Kier alpha value is -1.94. The summed E-state index contributed by atoms with van der Waals surface area (Å²) in [6, 6.07) is 7.97. The molecule has 2 heterocycles. The van der Waals surface area contributed by atoms with E-state index in [1.807, 2.05) is 31.2 Å². The lowest BCUT2D eigenvalue weighted by Gasteiger charge is -2.06. The van der Waals surface area contributed by atoms with Gasteiger partial charge in [0.2, 0.25) is 0 Å². The Kier molecular flexibility index (Phi) is 2.54. The van der Waals surface area contributed by atoms with Crippen molar-refractivity contribution in [3.8, 4) is 10.6 Å². The molecule has 1 aromatic carbocycles. The average molecular weight is 283 g/mol. The predicted octanol–water partition coefficient (Wildman–Crippen LogP) is 4.38. The summed E-state index contributed by atoms with van der Waals surface area (Å²) in [5.41, 5.74) is 2.87. The Bertz CT molecular complexity index is 828. The molecule has 0 amide bonds. The van der Waals surface area contributed by atoms with E-state index in [-0.39, 0.29) is 5.78 Å². The lowest BCUT2D eigenvalue weighted by Crippen LogP contribution is -2.07. The molecule has 0 spiro atoms. The van der Waals surface area contributed by atoms with Crippen LogP contribution in [0.2, 0.25) is 0 Å². The van der Waals surface area contributed by atoms with Gasteiger partial charge < -0.3 is 4.42 Å². The number of hydrogen-bond donors (Lipinski definition) is 0. The minimum Gasteiger partial charge on any atom is -0.461 e. The summed E-state index contributed by atoms with van der Waals surface area (Å²) >= 11 is 1.51. The van der Waals surface area contributed by atoms with Crippen molar-refractivity contribution in [2.45, 2.75) is 26.2 Å². The number of ketones is 1. The molecular weight excluding hydrogens is 270 g/mol. The number of rotatable bonds is 1. The fourth-order valence-electron chi connectivity index (χ4n) is 2.81. The molecule has 3 aromatic rings. The lowest BCUT2D eigenvalue weighted by molar-refractivity contribution is 0.0976. The number of thiazole rings is 1. The summed E-state index contributed by atoms with van der Waals surface area (Å²) in [7, 11) is 0. The summed E-state index contributed by atoms with van der Waals surface area (Å²) in [5.74, 6) is 1.10. The van der Waals surface area contributed by atoms with Crippen LogP contribution in [0.5, 0.6) is 0 Å². The van der Waals surface area contributed by atoms with Crippen molar-refractivity contribution in [3.63, 3.8) is 0 Å². The number of carbonyl (C=O) groups is 1. The van der Waals surface area contributed by atoms with E-state index < -0.39 is 0 Å². The smallest absolute Gasteiger partial charge is 0.174 e. The van der Waals surface area contributed by atoms with Gasteiger partial charge in [0.05, 0.1) is 16.1 Å². The van der Waals surface area contributed by atoms with E-state index in [4.69, 9.17) is 9.40 Å². The van der Waals surface area contributed by atoms with E-state index in [0.717, 1.165) is 50.7 Å². The Balaban J connectivity index is 1.96. The molecule has 0 bridgehead atoms. The monoisotopic (exact) mass is 283 g/mol. The number of para-hydroxylation sites is 1. The lowest BCUT2D eigenvalue weighted by atomic mass is 10.0. The molecule has 0 fully saturated rings. The van der Waals surface area contributed by atoms with Crippen molar-refractivity contribution in [2.75, 3.05) is 0 Å². The fourth-order valence-corrected chi connectivity index (χ4v) is 4.00. The van der Waals surface area contributed by atoms with Gasteiger partial charge in [-0.25, -0.2) is 4.98 Å². The third-order valence-electron chi connectivity index (χ3n) is 3.75. The minimum atomic E-state index is 0.237. The first kappa shape index (κ1) is 11.9. The van der Waals surface area contributed by atoms with Crippen LogP contribution in [0, 0.1) is 6.92 Å². The molecule has 1 aliphatic rings. The molecule has 2 aromatic heterocycles. The highest BCUT2D eigenvalue weighted by Gasteiger charge is 2.24. The third kappa shape index (κ3) is 1.64. The number of hydrogen-bond acceptors (Lipinski definition) is 4. The second-order valence-corrected chi connectivity index (χ2v) is 6.10. The van der Waals surface area contributed by atoms with Gasteiger partial charge in [-0.2, -0.15) is 0 Å². The van der Waals surface area contributed by atoms with Crippen LogP contribution in [0.15, 0.2) is 28.7 Å². The Morgan fingerprint density at radius 1 is 1.25 bits per heavy atom. The van der Waals surface area contributed by atoms with E-state index in [2.05, 4.69) is 0 Å². The molecule has 3 nitrogen and oxygen atoms in total. The Morgan fingerprint density at radius 3 is 2.95 bits per heavy atom. The Morgan fingerprint density at radius 2 is 2.10 bits per heavy atom. The first-order chi connectivity index (χ1) is 9.74. The first-order valence-corrected chi connectivity index (χ1v) is 7.57. The number of Topliss-reactive ketones (excluding diaryl/α,β-unsaturated/α-hetero) is 1. The number of aryl methyl sites for hydroxylation is 2. The number of nitrogens with zero attached hydrogens (tertiary/aromatic N) is 1. The number of aromatic nitrogens is 1. The maximum Gasteiger partial charge on any atom is 0.174 e. The normalized spacial score (nSPS) is 14.8. The van der Waals surface area contributed by atoms with Crippen LogP contribution in [0.25, 0.3) is 21.5 Å². The molecule has 0 radical (unpaired) electrons. The van der Waals surface area contributed by atoms with Crippen molar-refractivity contribution in [2.24, 2.45) is 0 Å². The van der Waals surface area contributed by atoms with E-state index in [9.17, 15) is 4.79 Å². The van der Waals surface area contributed by atoms with Crippen LogP contribution in [-0.2, 0) is 6.42 Å². The second-order valence-electron chi connectivity index (χ2n) is 5.10. The van der Waals surface area contributed by atoms with Crippen molar-refractivity contribution < 1.29 is 9.21 Å². The molecule has 100 valence electrons. The van der Waals surface area contributed by atoms with Crippen LogP contribution < -0.4 is 0 Å². The zero-order valence-corrected chi connectivity index (χ0v) is 11.9. The summed E-state index contributed by atoms with van der Waals surface area (Å²) in [6.07, 6.45) is 2.48. The van der Waals surface area contributed by atoms with E-state index >= 15 is 0 Å². The quantitative estimate of drug-likeness (QED) is 0.665. The van der Waals surface area contributed by atoms with E-state index in [1.54, 1.807) is 0 Å². The SMILES string of the molecule is Cc1oc2ccccc2c1-c1nc2c(s1)C(=O)CCC2. The Labute approximate surface area is 120 Å². The van der Waals surface area contributed by atoms with Crippen LogP contribution in [0.4, 0.5) is 0 Å². The average Bonchev–Trinajstić information content (AvgIpc) is 2.99. The zero-order valence-electron chi connectivity index (χ0n) is 11.1. The largest absolute Gasteiger partial charge is 0.461 e. The van der Waals surface area contributed by atoms with Crippen molar-refractivity contribution in [3.05, 3.63) is 40.6 Å². The number of furan rings is 1. The van der Waals surface area contributed by atoms with Crippen LogP contribution in [0.1, 0.15) is 34.0 Å². The summed E-state index contributed by atoms with van der Waals surface area (Å²) < 4.78 is 5.79. The number of fused-ring (bicyclic) bond motifs is 2. The van der Waals surface area contributed by atoms with Gasteiger partial charge >= 0.3 is 0 Å². The summed E-state index contributed by atoms with van der Waals surface area (Å²) in [6.45, 7) is 1.96. The second kappa shape index (κ2) is 4.28. The summed E-state index contributed by atoms with van der Waals surface area (Å²) in [5, 5.41) is 1.98. The van der Waals surface area contributed by atoms with Gasteiger partial charge in [0.1, 0.15) is 16.4 Å². The number of benzene rings is 1. The standard InChI is InChI=1S/C16H13NO2S/c1-9-14(10-5-2-3-8-13(10)19-9)16-17-11-6-4-7-12(18)15(11)20-16/h2-3,5,8H,4,6-7H2,1H3. The van der Waals surface area contributed by atoms with Gasteiger partial charge in [0, 0.05) is 11.8 Å². The highest BCUT2D eigenvalue weighted by atomic mass is 32.1. The predicted molar refractivity (Wildman–Crippen MR) is 79.3 cm³/mol. The molecule has 0 N–H and O–H groups in total. The van der Waals surface area contributed by atoms with Crippen LogP contribution >= 0.6 is 11.3 Å². The highest BCUT2D eigenvalue weighted by molar-refractivity contribution is 7.17. The van der Waals surface area contributed by atoms with Crippen molar-refractivity contribution >= 4 is 28.1 Å². The summed E-state index contributed by atoms with van der Waals surface area (Å²) in [4.78, 5) is 17.5. The molecular formula is C16H13NO2S. The molecule has 4 rings (SSSR count). The van der Waals surface area contributed by atoms with Crippen molar-refractivity contribution in [1.29, 1.82) is 0 Å². The zero-order chi connectivity index (χ0) is 13.7. The maximum absolute atomic E-state index is 12.0. The van der Waals surface area contributed by atoms with Gasteiger partial charge in [-0.3, -0.25) is 4.79 Å². The van der Waals surface area contributed by atoms with Gasteiger partial charge in [0.25, 0.3) is 0 Å². The van der Waals surface area contributed by atoms with Crippen LogP contribution in [-0.4, -0.2) is 10.8 Å². The number of carbonyl (C=O) groups excluding carboxylic acids is 1. The molecule has 4 heteroatoms. The molecule has 0 unspecified atom stereocenters. The first-order valence-electron chi connectivity index (χ1n) is 6.75. The molecule has 0 saturated carbocycles. The van der Waals surface area contributed by atoms with Gasteiger partial charge in [-0.05, 0) is 25.8 Å². The molecule has 0 atom stereocenters. The minimum absolute atomic E-state index is 0.237.